The summed E-state index contributed by atoms with van der Waals surface area (Å²) in [4.78, 5) is 35.1. The van der Waals surface area contributed by atoms with Gasteiger partial charge >= 0.3 is 0 Å². The second-order valence-corrected chi connectivity index (χ2v) is 19.8. The zero-order chi connectivity index (χ0) is 36.9. The molecule has 0 saturated heterocycles. The Morgan fingerprint density at radius 2 is 1.14 bits per heavy atom. The number of carbonyl (C=O) groups is 3. The van der Waals surface area contributed by atoms with Gasteiger partial charge in [-0.15, -0.1) is 23.2 Å². The van der Waals surface area contributed by atoms with Gasteiger partial charge in [-0.05, 0) is 162 Å². The summed E-state index contributed by atoms with van der Waals surface area (Å²) in [5.41, 5.74) is 3.66. The van der Waals surface area contributed by atoms with Crippen molar-refractivity contribution < 1.29 is 19.5 Å². The Morgan fingerprint density at radius 3 is 1.57 bits per heavy atom. The van der Waals surface area contributed by atoms with Gasteiger partial charge in [0.15, 0.2) is 11.6 Å². The van der Waals surface area contributed by atoms with E-state index < -0.39 is 0 Å². The Bertz CT molecular complexity index is 1480. The van der Waals surface area contributed by atoms with Gasteiger partial charge in [-0.3, -0.25) is 9.59 Å². The Balaban J connectivity index is 0.000000163. The van der Waals surface area contributed by atoms with Crippen LogP contribution in [0.2, 0.25) is 0 Å². The number of aldehydes is 1. The Morgan fingerprint density at radius 1 is 0.706 bits per heavy atom. The van der Waals surface area contributed by atoms with Gasteiger partial charge in [0.05, 0.1) is 5.34 Å². The fourth-order valence-corrected chi connectivity index (χ4v) is 14.1. The molecule has 4 saturated carbocycles. The molecule has 4 fully saturated rings. The lowest BCUT2D eigenvalue weighted by Gasteiger charge is -2.56. The van der Waals surface area contributed by atoms with Crippen LogP contribution in [0.5, 0.6) is 0 Å². The minimum Gasteiger partial charge on any atom is -0.396 e. The first kappa shape index (κ1) is 39.2. The van der Waals surface area contributed by atoms with Crippen LogP contribution in [0.3, 0.4) is 0 Å². The normalized spacial score (nSPS) is 45.7. The maximum absolute atomic E-state index is 11.9. The van der Waals surface area contributed by atoms with E-state index in [1.807, 2.05) is 12.2 Å². The van der Waals surface area contributed by atoms with Crippen LogP contribution in [-0.2, 0) is 14.4 Å². The lowest BCUT2D eigenvalue weighted by atomic mass is 9.48. The van der Waals surface area contributed by atoms with Crippen molar-refractivity contribution in [2.45, 2.75) is 119 Å². The molecular formula is C45H64Cl2O4. The number of alkyl halides is 2. The fraction of sp³-hybridized carbons (Fsp3) is 0.756. The number of hydrogen-bond donors (Lipinski definition) is 1. The van der Waals surface area contributed by atoms with Gasteiger partial charge in [-0.25, -0.2) is 0 Å². The first-order valence-electron chi connectivity index (χ1n) is 20.3. The average molecular weight is 740 g/mol. The molecule has 0 aliphatic heterocycles. The van der Waals surface area contributed by atoms with E-state index in [9.17, 15) is 19.5 Å². The molecule has 4 nitrogen and oxygen atoms in total. The number of carbonyl (C=O) groups excluding carboxylic acids is 3. The van der Waals surface area contributed by atoms with Gasteiger partial charge in [0.25, 0.3) is 0 Å². The van der Waals surface area contributed by atoms with E-state index in [0.717, 1.165) is 25.2 Å². The third kappa shape index (κ3) is 6.56. The van der Waals surface area contributed by atoms with E-state index >= 15 is 0 Å². The predicted molar refractivity (Wildman–Crippen MR) is 208 cm³/mol. The van der Waals surface area contributed by atoms with E-state index in [1.54, 1.807) is 0 Å². The summed E-state index contributed by atoms with van der Waals surface area (Å²) in [6.07, 6.45) is 28.0. The summed E-state index contributed by atoms with van der Waals surface area (Å²) in [5.74, 6) is 6.54. The van der Waals surface area contributed by atoms with E-state index in [4.69, 9.17) is 23.2 Å². The molecule has 8 rings (SSSR count). The summed E-state index contributed by atoms with van der Waals surface area (Å²) in [5, 5.41) is 9.89. The molecule has 0 aromatic rings. The van der Waals surface area contributed by atoms with Crippen LogP contribution in [0.25, 0.3) is 0 Å². The van der Waals surface area contributed by atoms with Crippen LogP contribution in [0.15, 0.2) is 47.6 Å². The summed E-state index contributed by atoms with van der Waals surface area (Å²) in [6, 6.07) is 0. The Kier molecular flexibility index (Phi) is 11.5. The highest BCUT2D eigenvalue weighted by molar-refractivity contribution is 6.40. The van der Waals surface area contributed by atoms with Crippen molar-refractivity contribution in [3.05, 3.63) is 47.6 Å². The first-order chi connectivity index (χ1) is 24.2. The molecule has 0 aromatic heterocycles. The number of rotatable bonds is 4. The smallest absolute Gasteiger partial charge is 0.156 e. The first-order valence-corrected chi connectivity index (χ1v) is 21.3. The van der Waals surface area contributed by atoms with Crippen molar-refractivity contribution in [3.63, 3.8) is 0 Å². The zero-order valence-electron chi connectivity index (χ0n) is 32.1. The maximum Gasteiger partial charge on any atom is 0.156 e. The van der Waals surface area contributed by atoms with Crippen molar-refractivity contribution in [1.82, 2.24) is 0 Å². The number of allylic oxidation sites excluding steroid dienone is 8. The highest BCUT2D eigenvalue weighted by atomic mass is 35.5. The topological polar surface area (TPSA) is 71.4 Å². The van der Waals surface area contributed by atoms with E-state index in [1.165, 1.54) is 68.8 Å². The molecule has 0 heterocycles. The molecule has 51 heavy (non-hydrogen) atoms. The van der Waals surface area contributed by atoms with E-state index in [-0.39, 0.29) is 22.1 Å². The predicted octanol–water partition coefficient (Wildman–Crippen LogP) is 10.7. The highest BCUT2D eigenvalue weighted by Crippen LogP contribution is 2.67. The van der Waals surface area contributed by atoms with Gasteiger partial charge in [0.2, 0.25) is 0 Å². The molecule has 8 unspecified atom stereocenters. The number of halogens is 2. The van der Waals surface area contributed by atoms with Gasteiger partial charge in [0.1, 0.15) is 6.29 Å². The fourth-order valence-electron chi connectivity index (χ4n) is 14.1. The minimum absolute atomic E-state index is 0.183. The summed E-state index contributed by atoms with van der Waals surface area (Å²) >= 11 is 9.53. The van der Waals surface area contributed by atoms with Crippen molar-refractivity contribution in [2.24, 2.45) is 80.8 Å². The number of ketones is 2. The van der Waals surface area contributed by atoms with E-state index in [0.29, 0.717) is 82.8 Å². The molecule has 282 valence electrons. The number of aliphatic hydroxyl groups is 1. The second kappa shape index (κ2) is 15.0. The number of aliphatic hydroxyl groups excluding tert-OH is 1. The van der Waals surface area contributed by atoms with Crippen LogP contribution < -0.4 is 0 Å². The molecular weight excluding hydrogens is 675 g/mol. The molecule has 0 radical (unpaired) electrons. The summed E-state index contributed by atoms with van der Waals surface area (Å²) in [6.45, 7) is 14.4. The molecule has 0 amide bonds. The van der Waals surface area contributed by atoms with Gasteiger partial charge in [-0.1, -0.05) is 65.8 Å². The van der Waals surface area contributed by atoms with Crippen LogP contribution >= 0.6 is 23.2 Å². The summed E-state index contributed by atoms with van der Waals surface area (Å²) in [7, 11) is 0. The van der Waals surface area contributed by atoms with Crippen LogP contribution in [0.4, 0.5) is 0 Å². The number of hydrogen-bond acceptors (Lipinski definition) is 4. The molecule has 8 aliphatic rings. The lowest BCUT2D eigenvalue weighted by Crippen LogP contribution is -2.49. The Hall–Kier alpha value is -1.49. The molecule has 6 heteroatoms. The van der Waals surface area contributed by atoms with Gasteiger partial charge in [-0.2, -0.15) is 0 Å². The third-order valence-corrected chi connectivity index (χ3v) is 17.0. The maximum atomic E-state index is 11.9. The van der Waals surface area contributed by atoms with Crippen molar-refractivity contribution >= 4 is 41.1 Å². The van der Waals surface area contributed by atoms with Crippen LogP contribution in [0.1, 0.15) is 119 Å². The van der Waals surface area contributed by atoms with Crippen molar-refractivity contribution in [1.29, 1.82) is 0 Å². The Labute approximate surface area is 318 Å². The molecule has 0 aromatic carbocycles. The highest BCUT2D eigenvalue weighted by Gasteiger charge is 2.60. The summed E-state index contributed by atoms with van der Waals surface area (Å²) < 4.78 is 0. The average Bonchev–Trinajstić information content (AvgIpc) is 3.65. The second-order valence-electron chi connectivity index (χ2n) is 19.0. The zero-order valence-corrected chi connectivity index (χ0v) is 33.7. The lowest BCUT2D eigenvalue weighted by molar-refractivity contribution is -0.117. The molecule has 0 bridgehead atoms. The molecule has 8 aliphatic carbocycles. The van der Waals surface area contributed by atoms with Crippen LogP contribution in [-0.4, -0.2) is 34.9 Å². The molecule has 14 atom stereocenters. The third-order valence-electron chi connectivity index (χ3n) is 17.0. The van der Waals surface area contributed by atoms with Crippen molar-refractivity contribution in [2.75, 3.05) is 11.9 Å². The van der Waals surface area contributed by atoms with Gasteiger partial charge < -0.3 is 9.90 Å². The van der Waals surface area contributed by atoms with Crippen molar-refractivity contribution in [3.8, 4) is 0 Å². The molecule has 0 spiro atoms. The number of fused-ring (bicyclic) bond motifs is 10. The standard InChI is InChI=1S/C22H32O2.C22H30O2.CH2Cl2/c2*1-14(13-23)18-6-7-19-17-5-4-15-12-16(24)8-10-21(15,2)20(17)9-11-22(18,19)3;2-1-3/h4-5,12,14,17-20,23H,6-11,13H2,1-3H3;4-5,12-14,17-20H,6-11H2,1-3H3;1H2/t2*14-,17?,18?,19?,20?,21+,22-;/m11./s1. The van der Waals surface area contributed by atoms with Gasteiger partial charge in [0, 0.05) is 25.4 Å². The van der Waals surface area contributed by atoms with Crippen LogP contribution in [0, 0.1) is 80.8 Å². The minimum atomic E-state index is 0.183. The van der Waals surface area contributed by atoms with E-state index in [2.05, 4.69) is 65.8 Å². The largest absolute Gasteiger partial charge is 0.396 e. The quantitative estimate of drug-likeness (QED) is 0.230. The molecule has 1 N–H and O–H groups in total. The monoisotopic (exact) mass is 738 g/mol. The SMILES string of the molecule is C[C@H](C=O)C1CCC2C3C=CC4=CC(=O)CC[C@]4(C)C3CC[C@@]21C.C[C@H](CO)C1CCC2C3C=CC4=CC(=O)CC[C@]4(C)C3CC[C@@]21C.ClCCl.